The molecule has 0 aromatic heterocycles. The van der Waals surface area contributed by atoms with Crippen LogP contribution in [0.4, 0.5) is 5.69 Å². The lowest BCUT2D eigenvalue weighted by molar-refractivity contribution is -0.126. The molecule has 1 saturated heterocycles. The number of hydrogen-bond donors (Lipinski definition) is 1. The highest BCUT2D eigenvalue weighted by molar-refractivity contribution is 9.10. The van der Waals surface area contributed by atoms with Crippen LogP contribution in [-0.4, -0.2) is 63.7 Å². The second kappa shape index (κ2) is 9.15. The Kier molecular flexibility index (Phi) is 7.20. The number of nitrogens with zero attached hydrogens (tertiary/aromatic N) is 2. The summed E-state index contributed by atoms with van der Waals surface area (Å²) in [6.45, 7) is 2.86. The van der Waals surface area contributed by atoms with Gasteiger partial charge in [0.2, 0.25) is 11.8 Å². The second-order valence-corrected chi connectivity index (χ2v) is 7.01. The zero-order valence-corrected chi connectivity index (χ0v) is 15.7. The minimum atomic E-state index is -0.307. The highest BCUT2D eigenvalue weighted by Crippen LogP contribution is 2.27. The summed E-state index contributed by atoms with van der Waals surface area (Å²) in [5.74, 6) is -0.411. The Labute approximate surface area is 151 Å². The molecule has 132 valence electrons. The van der Waals surface area contributed by atoms with Gasteiger partial charge >= 0.3 is 0 Å². The maximum atomic E-state index is 12.2. The Hall–Kier alpha value is -1.44. The largest absolute Gasteiger partial charge is 0.378 e. The molecule has 24 heavy (non-hydrogen) atoms. The van der Waals surface area contributed by atoms with E-state index in [9.17, 15) is 9.59 Å². The van der Waals surface area contributed by atoms with Gasteiger partial charge in [0.1, 0.15) is 0 Å². The molecule has 0 saturated carbocycles. The standard InChI is InChI=1S/C17H24BrN3O3/c1-20(2)7-9-24-8-6-19-17(23)13-10-16(22)21(12-13)15-5-3-4-14(18)11-15/h3-5,11,13H,6-10,12H2,1-2H3,(H,19,23)/t13-/m1/s1. The van der Waals surface area contributed by atoms with Gasteiger partial charge in [-0.15, -0.1) is 0 Å². The second-order valence-electron chi connectivity index (χ2n) is 6.09. The molecule has 2 rings (SSSR count). The van der Waals surface area contributed by atoms with Crippen molar-refractivity contribution in [2.45, 2.75) is 6.42 Å². The number of likely N-dealkylation sites (N-methyl/N-ethyl adjacent to an activating group) is 1. The number of anilines is 1. The summed E-state index contributed by atoms with van der Waals surface area (Å²) in [6, 6.07) is 7.55. The summed E-state index contributed by atoms with van der Waals surface area (Å²) < 4.78 is 6.36. The van der Waals surface area contributed by atoms with Crippen molar-refractivity contribution in [3.8, 4) is 0 Å². The molecule has 1 fully saturated rings. The van der Waals surface area contributed by atoms with E-state index >= 15 is 0 Å². The summed E-state index contributed by atoms with van der Waals surface area (Å²) in [7, 11) is 3.97. The molecule has 1 aliphatic heterocycles. The fourth-order valence-electron chi connectivity index (χ4n) is 2.52. The first-order chi connectivity index (χ1) is 11.5. The highest BCUT2D eigenvalue weighted by atomic mass is 79.9. The molecule has 0 unspecified atom stereocenters. The zero-order chi connectivity index (χ0) is 17.5. The van der Waals surface area contributed by atoms with Crippen molar-refractivity contribution < 1.29 is 14.3 Å². The Morgan fingerprint density at radius 1 is 1.42 bits per heavy atom. The molecule has 1 heterocycles. The first-order valence-electron chi connectivity index (χ1n) is 8.03. The summed E-state index contributed by atoms with van der Waals surface area (Å²) in [4.78, 5) is 28.1. The molecule has 0 aliphatic carbocycles. The lowest BCUT2D eigenvalue weighted by atomic mass is 10.1. The third-order valence-electron chi connectivity index (χ3n) is 3.84. The number of rotatable bonds is 8. The smallest absolute Gasteiger partial charge is 0.227 e. The van der Waals surface area contributed by atoms with Crippen LogP contribution in [0.2, 0.25) is 0 Å². The van der Waals surface area contributed by atoms with Gasteiger partial charge in [0.05, 0.1) is 19.1 Å². The van der Waals surface area contributed by atoms with E-state index in [-0.39, 0.29) is 24.2 Å². The van der Waals surface area contributed by atoms with Crippen LogP contribution in [0.1, 0.15) is 6.42 Å². The lowest BCUT2D eigenvalue weighted by Crippen LogP contribution is -2.35. The Morgan fingerprint density at radius 3 is 2.92 bits per heavy atom. The average Bonchev–Trinajstić information content (AvgIpc) is 2.92. The van der Waals surface area contributed by atoms with Gasteiger partial charge in [0.15, 0.2) is 0 Å². The fourth-order valence-corrected chi connectivity index (χ4v) is 2.90. The van der Waals surface area contributed by atoms with E-state index in [0.717, 1.165) is 16.7 Å². The number of amides is 2. The van der Waals surface area contributed by atoms with E-state index in [1.165, 1.54) is 0 Å². The normalized spacial score (nSPS) is 17.6. The van der Waals surface area contributed by atoms with Gasteiger partial charge in [-0.3, -0.25) is 9.59 Å². The molecule has 0 spiro atoms. The summed E-state index contributed by atoms with van der Waals surface area (Å²) in [5.41, 5.74) is 0.816. The molecule has 2 amide bonds. The van der Waals surface area contributed by atoms with Crippen LogP contribution in [0.25, 0.3) is 0 Å². The number of carbonyl (C=O) groups excluding carboxylic acids is 2. The van der Waals surface area contributed by atoms with Gasteiger partial charge in [0.25, 0.3) is 0 Å². The van der Waals surface area contributed by atoms with Crippen LogP contribution in [-0.2, 0) is 14.3 Å². The van der Waals surface area contributed by atoms with Crippen molar-refractivity contribution in [1.29, 1.82) is 0 Å². The van der Waals surface area contributed by atoms with Gasteiger partial charge in [-0.1, -0.05) is 22.0 Å². The maximum Gasteiger partial charge on any atom is 0.227 e. The summed E-state index contributed by atoms with van der Waals surface area (Å²) in [5, 5.41) is 2.85. The van der Waals surface area contributed by atoms with E-state index in [2.05, 4.69) is 21.2 Å². The monoisotopic (exact) mass is 397 g/mol. The van der Waals surface area contributed by atoms with E-state index in [1.54, 1.807) is 4.90 Å². The van der Waals surface area contributed by atoms with Gasteiger partial charge in [-0.25, -0.2) is 0 Å². The lowest BCUT2D eigenvalue weighted by Gasteiger charge is -2.17. The van der Waals surface area contributed by atoms with Crippen molar-refractivity contribution in [2.75, 3.05) is 51.8 Å². The maximum absolute atomic E-state index is 12.2. The molecule has 1 N–H and O–H groups in total. The number of hydrogen-bond acceptors (Lipinski definition) is 4. The molecular formula is C17H24BrN3O3. The molecular weight excluding hydrogens is 374 g/mol. The molecule has 0 radical (unpaired) electrons. The van der Waals surface area contributed by atoms with Crippen LogP contribution >= 0.6 is 15.9 Å². The van der Waals surface area contributed by atoms with E-state index < -0.39 is 0 Å². The zero-order valence-electron chi connectivity index (χ0n) is 14.1. The SMILES string of the molecule is CN(C)CCOCCNC(=O)[C@@H]1CC(=O)N(c2cccc(Br)c2)C1. The predicted octanol–water partition coefficient (Wildman–Crippen LogP) is 1.50. The van der Waals surface area contributed by atoms with Gasteiger partial charge in [-0.05, 0) is 32.3 Å². The Morgan fingerprint density at radius 2 is 2.21 bits per heavy atom. The van der Waals surface area contributed by atoms with Gasteiger partial charge in [-0.2, -0.15) is 0 Å². The molecule has 7 heteroatoms. The van der Waals surface area contributed by atoms with Crippen LogP contribution in [0.5, 0.6) is 0 Å². The van der Waals surface area contributed by atoms with E-state index in [4.69, 9.17) is 4.74 Å². The quantitative estimate of drug-likeness (QED) is 0.675. The number of carbonyl (C=O) groups is 2. The number of benzene rings is 1. The summed E-state index contributed by atoms with van der Waals surface area (Å²) >= 11 is 3.40. The summed E-state index contributed by atoms with van der Waals surface area (Å²) in [6.07, 6.45) is 0.250. The van der Waals surface area contributed by atoms with E-state index in [0.29, 0.717) is 26.3 Å². The van der Waals surface area contributed by atoms with Gasteiger partial charge in [0, 0.05) is 36.2 Å². The number of ether oxygens (including phenoxy) is 1. The minimum absolute atomic E-state index is 0.0181. The van der Waals surface area contributed by atoms with Crippen LogP contribution in [0.3, 0.4) is 0 Å². The number of nitrogens with one attached hydrogen (secondary N) is 1. The van der Waals surface area contributed by atoms with Crippen molar-refractivity contribution in [2.24, 2.45) is 5.92 Å². The van der Waals surface area contributed by atoms with Crippen LogP contribution in [0.15, 0.2) is 28.7 Å². The fraction of sp³-hybridized carbons (Fsp3) is 0.529. The van der Waals surface area contributed by atoms with E-state index in [1.807, 2.05) is 43.3 Å². The first-order valence-corrected chi connectivity index (χ1v) is 8.83. The predicted molar refractivity (Wildman–Crippen MR) is 97.0 cm³/mol. The first kappa shape index (κ1) is 18.9. The van der Waals surface area contributed by atoms with Crippen molar-refractivity contribution >= 4 is 33.4 Å². The Bertz CT molecular complexity index is 580. The van der Waals surface area contributed by atoms with Crippen molar-refractivity contribution in [1.82, 2.24) is 10.2 Å². The minimum Gasteiger partial charge on any atom is -0.378 e. The third-order valence-corrected chi connectivity index (χ3v) is 4.34. The number of halogens is 1. The molecule has 1 aliphatic rings. The van der Waals surface area contributed by atoms with Crippen LogP contribution in [0, 0.1) is 5.92 Å². The van der Waals surface area contributed by atoms with Gasteiger partial charge < -0.3 is 19.9 Å². The van der Waals surface area contributed by atoms with Crippen LogP contribution < -0.4 is 10.2 Å². The topological polar surface area (TPSA) is 61.9 Å². The Balaban J connectivity index is 1.75. The molecule has 1 aromatic carbocycles. The highest BCUT2D eigenvalue weighted by Gasteiger charge is 2.34. The third kappa shape index (κ3) is 5.58. The molecule has 0 bridgehead atoms. The molecule has 1 aromatic rings. The molecule has 6 nitrogen and oxygen atoms in total. The molecule has 1 atom stereocenters. The van der Waals surface area contributed by atoms with Crippen molar-refractivity contribution in [3.63, 3.8) is 0 Å². The van der Waals surface area contributed by atoms with Crippen molar-refractivity contribution in [3.05, 3.63) is 28.7 Å². The average molecular weight is 398 g/mol.